The molecule has 0 aliphatic heterocycles. The summed E-state index contributed by atoms with van der Waals surface area (Å²) in [5, 5.41) is 0. The minimum absolute atomic E-state index is 0.112. The molecule has 0 bridgehead atoms. The molecule has 1 heterocycles. The predicted molar refractivity (Wildman–Crippen MR) is 95.8 cm³/mol. The second kappa shape index (κ2) is 7.74. The fraction of sp³-hybridized carbons (Fsp3) is 0.500. The molecule has 1 aromatic carbocycles. The second-order valence-corrected chi connectivity index (χ2v) is 7.52. The van der Waals surface area contributed by atoms with Crippen LogP contribution in [0.3, 0.4) is 0 Å². The fourth-order valence-corrected chi connectivity index (χ4v) is 3.10. The Hall–Kier alpha value is -2.31. The Morgan fingerprint density at radius 1 is 1.33 bits per heavy atom. The minimum Gasteiger partial charge on any atom is -0.332 e. The van der Waals surface area contributed by atoms with Gasteiger partial charge in [-0.15, -0.1) is 0 Å². The van der Waals surface area contributed by atoms with E-state index < -0.39 is 11.7 Å². The molecule has 0 atom stereocenters. The third-order valence-corrected chi connectivity index (χ3v) is 4.61. The zero-order valence-corrected chi connectivity index (χ0v) is 15.5. The van der Waals surface area contributed by atoms with E-state index >= 15 is 0 Å². The van der Waals surface area contributed by atoms with Gasteiger partial charge in [-0.2, -0.15) is 13.2 Å². The van der Waals surface area contributed by atoms with Gasteiger partial charge in [0.05, 0.1) is 12.1 Å². The summed E-state index contributed by atoms with van der Waals surface area (Å²) >= 11 is 0. The molecule has 1 aromatic heterocycles. The Bertz CT molecular complexity index is 794. The number of hydrogen-bond acceptors (Lipinski definition) is 2. The van der Waals surface area contributed by atoms with Crippen LogP contribution in [0.25, 0.3) is 0 Å². The monoisotopic (exact) mass is 379 g/mol. The lowest BCUT2D eigenvalue weighted by molar-refractivity contribution is -0.137. The van der Waals surface area contributed by atoms with Gasteiger partial charge < -0.3 is 9.47 Å². The Morgan fingerprint density at radius 3 is 2.70 bits per heavy atom. The molecule has 0 N–H and O–H groups in total. The van der Waals surface area contributed by atoms with E-state index in [1.807, 2.05) is 23.3 Å². The quantitative estimate of drug-likeness (QED) is 0.711. The number of rotatable bonds is 7. The van der Waals surface area contributed by atoms with Gasteiger partial charge in [-0.1, -0.05) is 26.0 Å². The molecular formula is C20H24F3N3O. The summed E-state index contributed by atoms with van der Waals surface area (Å²) in [5.41, 5.74) is -0.107. The number of amides is 1. The summed E-state index contributed by atoms with van der Waals surface area (Å²) in [6.45, 7) is 4.70. The van der Waals surface area contributed by atoms with E-state index in [0.717, 1.165) is 25.0 Å². The van der Waals surface area contributed by atoms with E-state index in [-0.39, 0.29) is 24.4 Å². The molecule has 0 saturated heterocycles. The number of nitrogens with zero attached hydrogens (tertiary/aromatic N) is 3. The maximum Gasteiger partial charge on any atom is 0.416 e. The van der Waals surface area contributed by atoms with Gasteiger partial charge in [-0.05, 0) is 36.5 Å². The van der Waals surface area contributed by atoms with Crippen molar-refractivity contribution in [3.05, 3.63) is 53.6 Å². The first-order valence-electron chi connectivity index (χ1n) is 9.19. The number of carbonyl (C=O) groups is 1. The van der Waals surface area contributed by atoms with E-state index in [1.165, 1.54) is 6.07 Å². The predicted octanol–water partition coefficient (Wildman–Crippen LogP) is 4.49. The maximum absolute atomic E-state index is 12.9. The zero-order valence-electron chi connectivity index (χ0n) is 15.5. The summed E-state index contributed by atoms with van der Waals surface area (Å²) in [7, 11) is 0. The van der Waals surface area contributed by atoms with Crippen LogP contribution in [-0.2, 0) is 24.1 Å². The van der Waals surface area contributed by atoms with Crippen LogP contribution >= 0.6 is 0 Å². The molecule has 0 unspecified atom stereocenters. The highest BCUT2D eigenvalue weighted by atomic mass is 19.4. The molecule has 2 aromatic rings. The third-order valence-electron chi connectivity index (χ3n) is 4.61. The Labute approximate surface area is 157 Å². The van der Waals surface area contributed by atoms with Crippen LogP contribution in [0.2, 0.25) is 0 Å². The number of aromatic nitrogens is 2. The van der Waals surface area contributed by atoms with E-state index in [9.17, 15) is 18.0 Å². The van der Waals surface area contributed by atoms with Crippen LogP contribution in [0.5, 0.6) is 0 Å². The van der Waals surface area contributed by atoms with Crippen LogP contribution in [0.1, 0.15) is 50.1 Å². The molecule has 1 amide bonds. The van der Waals surface area contributed by atoms with Gasteiger partial charge in [0.15, 0.2) is 0 Å². The topological polar surface area (TPSA) is 38.1 Å². The molecule has 3 rings (SSSR count). The zero-order chi connectivity index (χ0) is 19.6. The summed E-state index contributed by atoms with van der Waals surface area (Å²) in [4.78, 5) is 18.8. The van der Waals surface area contributed by atoms with Crippen molar-refractivity contribution in [2.45, 2.75) is 58.4 Å². The Morgan fingerprint density at radius 2 is 2.07 bits per heavy atom. The van der Waals surface area contributed by atoms with E-state index in [0.29, 0.717) is 24.4 Å². The number of benzene rings is 1. The summed E-state index contributed by atoms with van der Waals surface area (Å²) in [5.74, 6) is 1.08. The summed E-state index contributed by atoms with van der Waals surface area (Å²) in [6.07, 6.45) is 1.50. The second-order valence-electron chi connectivity index (χ2n) is 7.52. The van der Waals surface area contributed by atoms with E-state index in [1.54, 1.807) is 18.5 Å². The molecular weight excluding hydrogens is 355 g/mol. The number of alkyl halides is 3. The van der Waals surface area contributed by atoms with Crippen molar-refractivity contribution in [3.8, 4) is 0 Å². The molecule has 1 aliphatic rings. The fourth-order valence-electron chi connectivity index (χ4n) is 3.10. The molecule has 146 valence electrons. The number of halogens is 3. The number of carbonyl (C=O) groups excluding carboxylic acids is 1. The molecule has 0 radical (unpaired) electrons. The first kappa shape index (κ1) is 19.5. The first-order valence-corrected chi connectivity index (χ1v) is 9.19. The van der Waals surface area contributed by atoms with Crippen LogP contribution in [0, 0.1) is 5.92 Å². The van der Waals surface area contributed by atoms with Crippen LogP contribution in [-0.4, -0.2) is 26.4 Å². The van der Waals surface area contributed by atoms with Crippen LogP contribution in [0.15, 0.2) is 36.7 Å². The highest BCUT2D eigenvalue weighted by molar-refractivity contribution is 5.77. The largest absolute Gasteiger partial charge is 0.416 e. The molecule has 1 saturated carbocycles. The normalized spacial score (nSPS) is 14.6. The highest BCUT2D eigenvalue weighted by Gasteiger charge is 2.33. The van der Waals surface area contributed by atoms with E-state index in [4.69, 9.17) is 0 Å². The van der Waals surface area contributed by atoms with Gasteiger partial charge >= 0.3 is 6.18 Å². The van der Waals surface area contributed by atoms with Crippen molar-refractivity contribution in [1.29, 1.82) is 0 Å². The van der Waals surface area contributed by atoms with E-state index in [2.05, 4.69) is 4.98 Å². The van der Waals surface area contributed by atoms with Gasteiger partial charge in [0.1, 0.15) is 5.82 Å². The summed E-state index contributed by atoms with van der Waals surface area (Å²) < 4.78 is 40.6. The first-order chi connectivity index (χ1) is 12.7. The SMILES string of the molecule is CC(C)CC(=O)N(Cc1nccn1Cc1cccc(C(F)(F)F)c1)C1CC1. The smallest absolute Gasteiger partial charge is 0.332 e. The van der Waals surface area contributed by atoms with Crippen molar-refractivity contribution in [1.82, 2.24) is 14.5 Å². The van der Waals surface area contributed by atoms with Crippen molar-refractivity contribution >= 4 is 5.91 Å². The lowest BCUT2D eigenvalue weighted by Gasteiger charge is -2.23. The van der Waals surface area contributed by atoms with Gasteiger partial charge in [0.2, 0.25) is 5.91 Å². The van der Waals surface area contributed by atoms with Crippen molar-refractivity contribution in [3.63, 3.8) is 0 Å². The van der Waals surface area contributed by atoms with Crippen LogP contribution < -0.4 is 0 Å². The average molecular weight is 379 g/mol. The third kappa shape index (κ3) is 5.11. The standard InChI is InChI=1S/C20H24F3N3O/c1-14(2)10-19(27)26(17-6-7-17)13-18-24-8-9-25(18)12-15-4-3-5-16(11-15)20(21,22)23/h3-5,8-9,11,14,17H,6-7,10,12-13H2,1-2H3. The molecule has 27 heavy (non-hydrogen) atoms. The van der Waals surface area contributed by atoms with Crippen molar-refractivity contribution < 1.29 is 18.0 Å². The lowest BCUT2D eigenvalue weighted by Crippen LogP contribution is -2.34. The Kier molecular flexibility index (Phi) is 5.58. The van der Waals surface area contributed by atoms with Gasteiger partial charge in [0, 0.05) is 31.4 Å². The van der Waals surface area contributed by atoms with Gasteiger partial charge in [-0.25, -0.2) is 4.98 Å². The molecule has 7 heteroatoms. The number of hydrogen-bond donors (Lipinski definition) is 0. The lowest BCUT2D eigenvalue weighted by atomic mass is 10.1. The van der Waals surface area contributed by atoms with Gasteiger partial charge in [0.25, 0.3) is 0 Å². The minimum atomic E-state index is -4.36. The molecule has 4 nitrogen and oxygen atoms in total. The average Bonchev–Trinajstić information content (AvgIpc) is 3.32. The highest BCUT2D eigenvalue weighted by Crippen LogP contribution is 2.31. The van der Waals surface area contributed by atoms with Crippen LogP contribution in [0.4, 0.5) is 13.2 Å². The van der Waals surface area contributed by atoms with Crippen molar-refractivity contribution in [2.24, 2.45) is 5.92 Å². The maximum atomic E-state index is 12.9. The van der Waals surface area contributed by atoms with Gasteiger partial charge in [-0.3, -0.25) is 4.79 Å². The Balaban J connectivity index is 1.75. The summed E-state index contributed by atoms with van der Waals surface area (Å²) in [6, 6.07) is 5.57. The van der Waals surface area contributed by atoms with Crippen molar-refractivity contribution in [2.75, 3.05) is 0 Å². The molecule has 1 fully saturated rings. The number of imidazole rings is 1. The molecule has 0 spiro atoms. The molecule has 1 aliphatic carbocycles.